The highest BCUT2D eigenvalue weighted by atomic mass is 16.5. The predicted octanol–water partition coefficient (Wildman–Crippen LogP) is 3.56. The van der Waals surface area contributed by atoms with E-state index in [0.717, 1.165) is 34.2 Å². The fourth-order valence-electron chi connectivity index (χ4n) is 2.33. The van der Waals surface area contributed by atoms with Gasteiger partial charge in [0.25, 0.3) is 0 Å². The number of hydrogen-bond acceptors (Lipinski definition) is 3. The van der Waals surface area contributed by atoms with Gasteiger partial charge in [-0.3, -0.25) is 0 Å². The first kappa shape index (κ1) is 13.4. The highest BCUT2D eigenvalue weighted by molar-refractivity contribution is 5.61. The maximum atomic E-state index is 5.29. The van der Waals surface area contributed by atoms with Crippen molar-refractivity contribution in [3.05, 3.63) is 59.9 Å². The molecule has 106 valence electrons. The quantitative estimate of drug-likeness (QED) is 0.736. The van der Waals surface area contributed by atoms with Crippen molar-refractivity contribution in [3.8, 4) is 22.8 Å². The molecule has 0 atom stereocenters. The van der Waals surface area contributed by atoms with Gasteiger partial charge in [-0.25, -0.2) is 9.67 Å². The summed E-state index contributed by atoms with van der Waals surface area (Å²) < 4.78 is 7.18. The Morgan fingerprint density at radius 2 is 1.81 bits per heavy atom. The topological polar surface area (TPSA) is 39.9 Å². The van der Waals surface area contributed by atoms with E-state index >= 15 is 0 Å². The lowest BCUT2D eigenvalue weighted by Crippen LogP contribution is -2.02. The second kappa shape index (κ2) is 5.40. The number of aromatic nitrogens is 3. The molecule has 0 bridgehead atoms. The van der Waals surface area contributed by atoms with Crippen LogP contribution in [0, 0.1) is 13.8 Å². The van der Waals surface area contributed by atoms with Crippen LogP contribution in [-0.2, 0) is 0 Å². The Morgan fingerprint density at radius 1 is 1.00 bits per heavy atom. The van der Waals surface area contributed by atoms with Crippen molar-refractivity contribution in [3.63, 3.8) is 0 Å². The number of nitrogens with zero attached hydrogens (tertiary/aromatic N) is 3. The zero-order valence-electron chi connectivity index (χ0n) is 12.4. The molecular weight excluding hydrogens is 262 g/mol. The Morgan fingerprint density at radius 3 is 2.57 bits per heavy atom. The molecule has 1 aromatic heterocycles. The monoisotopic (exact) mass is 279 g/mol. The Kier molecular flexibility index (Phi) is 3.44. The van der Waals surface area contributed by atoms with Gasteiger partial charge in [0.15, 0.2) is 5.82 Å². The highest BCUT2D eigenvalue weighted by Gasteiger charge is 2.13. The molecule has 4 nitrogen and oxygen atoms in total. The third-order valence-electron chi connectivity index (χ3n) is 3.38. The molecule has 1 heterocycles. The van der Waals surface area contributed by atoms with E-state index in [1.165, 1.54) is 0 Å². The van der Waals surface area contributed by atoms with Gasteiger partial charge < -0.3 is 4.74 Å². The van der Waals surface area contributed by atoms with Gasteiger partial charge >= 0.3 is 0 Å². The number of aryl methyl sites for hydroxylation is 2. The first-order valence-corrected chi connectivity index (χ1v) is 6.83. The van der Waals surface area contributed by atoms with Crippen molar-refractivity contribution >= 4 is 0 Å². The first-order chi connectivity index (χ1) is 10.2. The van der Waals surface area contributed by atoms with Gasteiger partial charge in [0.2, 0.25) is 0 Å². The average Bonchev–Trinajstić information content (AvgIpc) is 2.89. The average molecular weight is 279 g/mol. The molecule has 4 heteroatoms. The summed E-state index contributed by atoms with van der Waals surface area (Å²) in [7, 11) is 1.66. The van der Waals surface area contributed by atoms with Crippen LogP contribution in [0.5, 0.6) is 5.75 Å². The SMILES string of the molecule is COc1cccc(-c2nc(C)nn2-c2ccccc2C)c1. The van der Waals surface area contributed by atoms with E-state index in [2.05, 4.69) is 23.1 Å². The molecule has 0 unspecified atom stereocenters. The van der Waals surface area contributed by atoms with Crippen LogP contribution in [0.4, 0.5) is 0 Å². The summed E-state index contributed by atoms with van der Waals surface area (Å²) in [6.45, 7) is 3.97. The number of ether oxygens (including phenoxy) is 1. The molecule has 21 heavy (non-hydrogen) atoms. The second-order valence-corrected chi connectivity index (χ2v) is 4.91. The van der Waals surface area contributed by atoms with Gasteiger partial charge in [-0.15, -0.1) is 0 Å². The van der Waals surface area contributed by atoms with Crippen molar-refractivity contribution in [1.29, 1.82) is 0 Å². The largest absolute Gasteiger partial charge is 0.497 e. The van der Waals surface area contributed by atoms with Crippen LogP contribution in [0.25, 0.3) is 17.1 Å². The third kappa shape index (κ3) is 2.52. The van der Waals surface area contributed by atoms with E-state index < -0.39 is 0 Å². The number of hydrogen-bond donors (Lipinski definition) is 0. The zero-order valence-corrected chi connectivity index (χ0v) is 12.4. The van der Waals surface area contributed by atoms with Crippen LogP contribution in [0.15, 0.2) is 48.5 Å². The van der Waals surface area contributed by atoms with Crippen LogP contribution < -0.4 is 4.74 Å². The first-order valence-electron chi connectivity index (χ1n) is 6.83. The maximum Gasteiger partial charge on any atom is 0.163 e. The van der Waals surface area contributed by atoms with Crippen LogP contribution in [0.3, 0.4) is 0 Å². The lowest BCUT2D eigenvalue weighted by Gasteiger charge is -2.09. The molecule has 0 aliphatic rings. The molecule has 0 saturated carbocycles. The predicted molar refractivity (Wildman–Crippen MR) is 82.8 cm³/mol. The number of para-hydroxylation sites is 1. The summed E-state index contributed by atoms with van der Waals surface area (Å²) in [4.78, 5) is 4.57. The Hall–Kier alpha value is -2.62. The molecule has 0 saturated heterocycles. The van der Waals surface area contributed by atoms with Gasteiger partial charge in [0.1, 0.15) is 11.6 Å². The van der Waals surface area contributed by atoms with Crippen molar-refractivity contribution in [1.82, 2.24) is 14.8 Å². The summed E-state index contributed by atoms with van der Waals surface area (Å²) in [5, 5.41) is 4.54. The molecule has 0 aliphatic carbocycles. The van der Waals surface area contributed by atoms with E-state index in [-0.39, 0.29) is 0 Å². The summed E-state index contributed by atoms with van der Waals surface area (Å²) in [6, 6.07) is 16.0. The number of benzene rings is 2. The highest BCUT2D eigenvalue weighted by Crippen LogP contribution is 2.25. The van der Waals surface area contributed by atoms with E-state index in [1.54, 1.807) is 7.11 Å². The standard InChI is InChI=1S/C17H17N3O/c1-12-7-4-5-10-16(12)20-17(18-13(2)19-20)14-8-6-9-15(11-14)21-3/h4-11H,1-3H3. The van der Waals surface area contributed by atoms with Crippen LogP contribution >= 0.6 is 0 Å². The van der Waals surface area contributed by atoms with Crippen molar-refractivity contribution < 1.29 is 4.74 Å². The Labute approximate surface area is 124 Å². The minimum absolute atomic E-state index is 0.746. The molecule has 0 N–H and O–H groups in total. The molecule has 2 aromatic carbocycles. The van der Waals surface area contributed by atoms with Gasteiger partial charge in [0.05, 0.1) is 12.8 Å². The zero-order chi connectivity index (χ0) is 14.8. The van der Waals surface area contributed by atoms with Crippen molar-refractivity contribution in [2.75, 3.05) is 7.11 Å². The fourth-order valence-corrected chi connectivity index (χ4v) is 2.33. The number of rotatable bonds is 3. The van der Waals surface area contributed by atoms with E-state index in [1.807, 2.05) is 54.1 Å². The molecule has 0 amide bonds. The van der Waals surface area contributed by atoms with Gasteiger partial charge in [-0.05, 0) is 37.6 Å². The molecule has 0 fully saturated rings. The second-order valence-electron chi connectivity index (χ2n) is 4.91. The maximum absolute atomic E-state index is 5.29. The van der Waals surface area contributed by atoms with Crippen molar-refractivity contribution in [2.45, 2.75) is 13.8 Å². The van der Waals surface area contributed by atoms with Gasteiger partial charge in [-0.1, -0.05) is 30.3 Å². The minimum atomic E-state index is 0.746. The molecular formula is C17H17N3O. The Balaban J connectivity index is 2.18. The molecule has 0 spiro atoms. The van der Waals surface area contributed by atoms with E-state index in [0.29, 0.717) is 0 Å². The van der Waals surface area contributed by atoms with Crippen LogP contribution in [0.1, 0.15) is 11.4 Å². The fraction of sp³-hybridized carbons (Fsp3) is 0.176. The third-order valence-corrected chi connectivity index (χ3v) is 3.38. The summed E-state index contributed by atoms with van der Waals surface area (Å²) in [6.07, 6.45) is 0. The van der Waals surface area contributed by atoms with E-state index in [4.69, 9.17) is 4.74 Å². The summed E-state index contributed by atoms with van der Waals surface area (Å²) in [5.41, 5.74) is 3.18. The smallest absolute Gasteiger partial charge is 0.163 e. The Bertz CT molecular complexity index is 777. The van der Waals surface area contributed by atoms with Crippen molar-refractivity contribution in [2.24, 2.45) is 0 Å². The summed E-state index contributed by atoms with van der Waals surface area (Å²) in [5.74, 6) is 2.38. The van der Waals surface area contributed by atoms with Crippen LogP contribution in [-0.4, -0.2) is 21.9 Å². The molecule has 0 radical (unpaired) electrons. The van der Waals surface area contributed by atoms with Gasteiger partial charge in [-0.2, -0.15) is 5.10 Å². The normalized spacial score (nSPS) is 10.6. The lowest BCUT2D eigenvalue weighted by atomic mass is 10.1. The van der Waals surface area contributed by atoms with E-state index in [9.17, 15) is 0 Å². The summed E-state index contributed by atoms with van der Waals surface area (Å²) >= 11 is 0. The number of methoxy groups -OCH3 is 1. The lowest BCUT2D eigenvalue weighted by molar-refractivity contribution is 0.415. The molecule has 3 rings (SSSR count). The minimum Gasteiger partial charge on any atom is -0.497 e. The molecule has 3 aromatic rings. The van der Waals surface area contributed by atoms with Gasteiger partial charge in [0, 0.05) is 5.56 Å². The molecule has 0 aliphatic heterocycles. The van der Waals surface area contributed by atoms with Crippen LogP contribution in [0.2, 0.25) is 0 Å².